The van der Waals surface area contributed by atoms with Gasteiger partial charge in [-0.05, 0) is 34.7 Å². The van der Waals surface area contributed by atoms with Gasteiger partial charge in [-0.15, -0.1) is 5.10 Å². The number of tetrazole rings is 1. The van der Waals surface area contributed by atoms with E-state index in [0.29, 0.717) is 16.7 Å². The maximum absolute atomic E-state index is 12.0. The lowest BCUT2D eigenvalue weighted by Gasteiger charge is -2.01. The van der Waals surface area contributed by atoms with Gasteiger partial charge in [-0.3, -0.25) is 0 Å². The van der Waals surface area contributed by atoms with Crippen molar-refractivity contribution >= 4 is 11.8 Å². The molecule has 1 heterocycles. The lowest BCUT2D eigenvalue weighted by molar-refractivity contribution is 0.252. The smallest absolute Gasteiger partial charge is 0.201 e. The Morgan fingerprint density at radius 2 is 1.93 bits per heavy atom. The number of alkyl halides is 2. The second-order valence-electron chi connectivity index (χ2n) is 2.63. The van der Waals surface area contributed by atoms with Gasteiger partial charge in [0.15, 0.2) is 0 Å². The lowest BCUT2D eigenvalue weighted by atomic mass is 10.3. The van der Waals surface area contributed by atoms with Gasteiger partial charge in [0.25, 0.3) is 5.76 Å². The molecule has 0 bridgehead atoms. The first-order chi connectivity index (χ1) is 7.25. The minimum Gasteiger partial charge on any atom is -0.201 e. The van der Waals surface area contributed by atoms with Gasteiger partial charge in [0.2, 0.25) is 0 Å². The first kappa shape index (κ1) is 10.0. The fraction of sp³-hybridized carbons (Fsp3) is 0.125. The van der Waals surface area contributed by atoms with Gasteiger partial charge in [-0.1, -0.05) is 11.8 Å². The van der Waals surface area contributed by atoms with Crippen molar-refractivity contribution in [3.8, 4) is 5.69 Å². The van der Waals surface area contributed by atoms with E-state index in [1.807, 2.05) is 0 Å². The van der Waals surface area contributed by atoms with Crippen LogP contribution in [0.5, 0.6) is 0 Å². The molecule has 1 aromatic carbocycles. The maximum Gasteiger partial charge on any atom is 0.288 e. The Hall–Kier alpha value is -1.50. The zero-order chi connectivity index (χ0) is 10.7. The third-order valence-corrected chi connectivity index (χ3v) is 2.40. The maximum atomic E-state index is 12.0. The van der Waals surface area contributed by atoms with Crippen molar-refractivity contribution < 1.29 is 8.78 Å². The van der Waals surface area contributed by atoms with Crippen LogP contribution in [0.3, 0.4) is 0 Å². The highest BCUT2D eigenvalue weighted by Crippen LogP contribution is 2.25. The van der Waals surface area contributed by atoms with Crippen molar-refractivity contribution in [3.05, 3.63) is 30.6 Å². The van der Waals surface area contributed by atoms with Crippen molar-refractivity contribution in [2.75, 3.05) is 0 Å². The molecule has 2 aromatic rings. The number of nitrogens with zero attached hydrogens (tertiary/aromatic N) is 4. The molecule has 0 N–H and O–H groups in total. The van der Waals surface area contributed by atoms with Crippen molar-refractivity contribution in [3.63, 3.8) is 0 Å². The van der Waals surface area contributed by atoms with Gasteiger partial charge in [0, 0.05) is 4.90 Å². The average molecular weight is 228 g/mol. The van der Waals surface area contributed by atoms with Crippen LogP contribution in [0.15, 0.2) is 35.5 Å². The van der Waals surface area contributed by atoms with Crippen LogP contribution in [0, 0.1) is 0 Å². The molecule has 0 spiro atoms. The van der Waals surface area contributed by atoms with E-state index < -0.39 is 5.76 Å². The van der Waals surface area contributed by atoms with E-state index in [2.05, 4.69) is 15.5 Å². The van der Waals surface area contributed by atoms with E-state index in [1.165, 1.54) is 11.0 Å². The fourth-order valence-corrected chi connectivity index (χ4v) is 1.56. The second kappa shape index (κ2) is 4.35. The molecule has 0 amide bonds. The van der Waals surface area contributed by atoms with E-state index in [1.54, 1.807) is 24.3 Å². The largest absolute Gasteiger partial charge is 0.288 e. The number of thioether (sulfide) groups is 1. The van der Waals surface area contributed by atoms with Crippen LogP contribution < -0.4 is 0 Å². The van der Waals surface area contributed by atoms with Gasteiger partial charge in [-0.25, -0.2) is 4.68 Å². The molecular formula is C8H6F2N4S. The summed E-state index contributed by atoms with van der Waals surface area (Å²) in [5.41, 5.74) is 0.735. The molecule has 0 aliphatic heterocycles. The summed E-state index contributed by atoms with van der Waals surface area (Å²) in [4.78, 5) is 0.516. The molecule has 0 aliphatic rings. The topological polar surface area (TPSA) is 43.6 Å². The normalized spacial score (nSPS) is 10.9. The summed E-state index contributed by atoms with van der Waals surface area (Å²) in [7, 11) is 0. The number of rotatable bonds is 3. The van der Waals surface area contributed by atoms with E-state index >= 15 is 0 Å². The molecule has 0 saturated carbocycles. The monoisotopic (exact) mass is 228 g/mol. The third kappa shape index (κ3) is 2.50. The summed E-state index contributed by atoms with van der Waals surface area (Å²) < 4.78 is 25.5. The molecule has 15 heavy (non-hydrogen) atoms. The van der Waals surface area contributed by atoms with Gasteiger partial charge < -0.3 is 0 Å². The molecule has 0 atom stereocenters. The molecule has 0 unspecified atom stereocenters. The Morgan fingerprint density at radius 1 is 1.20 bits per heavy atom. The third-order valence-electron chi connectivity index (χ3n) is 1.68. The second-order valence-corrected chi connectivity index (χ2v) is 3.69. The average Bonchev–Trinajstić information content (AvgIpc) is 2.71. The Labute approximate surface area is 88.3 Å². The van der Waals surface area contributed by atoms with Crippen LogP contribution in [0.4, 0.5) is 8.78 Å². The van der Waals surface area contributed by atoms with Crippen LogP contribution in [0.2, 0.25) is 0 Å². The van der Waals surface area contributed by atoms with E-state index in [9.17, 15) is 8.78 Å². The number of hydrogen-bond donors (Lipinski definition) is 0. The van der Waals surface area contributed by atoms with Crippen LogP contribution in [-0.4, -0.2) is 26.0 Å². The summed E-state index contributed by atoms with van der Waals surface area (Å²) in [5.74, 6) is -2.40. The van der Waals surface area contributed by atoms with Crippen molar-refractivity contribution in [2.45, 2.75) is 10.7 Å². The summed E-state index contributed by atoms with van der Waals surface area (Å²) >= 11 is 0.510. The molecular weight excluding hydrogens is 222 g/mol. The number of halogens is 2. The van der Waals surface area contributed by atoms with Crippen molar-refractivity contribution in [1.82, 2.24) is 20.2 Å². The molecule has 7 heteroatoms. The van der Waals surface area contributed by atoms with Gasteiger partial charge in [0.1, 0.15) is 6.33 Å². The zero-order valence-electron chi connectivity index (χ0n) is 7.42. The van der Waals surface area contributed by atoms with E-state index in [4.69, 9.17) is 0 Å². The fourth-order valence-electron chi connectivity index (χ4n) is 1.06. The summed E-state index contributed by atoms with van der Waals surface area (Å²) in [6.45, 7) is 0. The van der Waals surface area contributed by atoms with Crippen molar-refractivity contribution in [2.24, 2.45) is 0 Å². The molecule has 0 aliphatic carbocycles. The van der Waals surface area contributed by atoms with Crippen LogP contribution in [0.1, 0.15) is 0 Å². The summed E-state index contributed by atoms with van der Waals surface area (Å²) in [5, 5.41) is 10.6. The van der Waals surface area contributed by atoms with E-state index in [0.717, 1.165) is 5.69 Å². The summed E-state index contributed by atoms with van der Waals surface area (Å²) in [6, 6.07) is 6.57. The number of benzene rings is 1. The molecule has 1 aromatic heterocycles. The molecule has 4 nitrogen and oxygen atoms in total. The highest BCUT2D eigenvalue weighted by Gasteiger charge is 2.05. The predicted octanol–water partition coefficient (Wildman–Crippen LogP) is 1.98. The standard InChI is InChI=1S/C8H6F2N4S/c9-8(10)15-7-3-1-6(2-4-7)14-5-11-12-13-14/h1-5,8H. The quantitative estimate of drug-likeness (QED) is 0.753. The lowest BCUT2D eigenvalue weighted by Crippen LogP contribution is -1.94. The first-order valence-electron chi connectivity index (χ1n) is 4.04. The molecule has 0 radical (unpaired) electrons. The van der Waals surface area contributed by atoms with Gasteiger partial charge in [-0.2, -0.15) is 8.78 Å². The Bertz CT molecular complexity index is 415. The minimum atomic E-state index is -2.40. The number of hydrogen-bond acceptors (Lipinski definition) is 4. The van der Waals surface area contributed by atoms with Gasteiger partial charge in [0.05, 0.1) is 5.69 Å². The van der Waals surface area contributed by atoms with Crippen LogP contribution in [0.25, 0.3) is 5.69 Å². The zero-order valence-corrected chi connectivity index (χ0v) is 8.23. The SMILES string of the molecule is FC(F)Sc1ccc(-n2cnnn2)cc1. The Kier molecular flexibility index (Phi) is 2.91. The molecule has 0 saturated heterocycles. The van der Waals surface area contributed by atoms with Gasteiger partial charge >= 0.3 is 0 Å². The first-order valence-corrected chi connectivity index (χ1v) is 4.92. The van der Waals surface area contributed by atoms with Crippen LogP contribution in [-0.2, 0) is 0 Å². The molecule has 78 valence electrons. The molecule has 2 rings (SSSR count). The molecule has 0 fully saturated rings. The Morgan fingerprint density at radius 3 is 2.47 bits per heavy atom. The minimum absolute atomic E-state index is 0.510. The highest BCUT2D eigenvalue weighted by atomic mass is 32.2. The summed E-state index contributed by atoms with van der Waals surface area (Å²) in [6.07, 6.45) is 1.44. The van der Waals surface area contributed by atoms with Crippen molar-refractivity contribution in [1.29, 1.82) is 0 Å². The van der Waals surface area contributed by atoms with E-state index in [-0.39, 0.29) is 0 Å². The van der Waals surface area contributed by atoms with Crippen LogP contribution >= 0.6 is 11.8 Å². The number of aromatic nitrogens is 4. The Balaban J connectivity index is 2.17. The highest BCUT2D eigenvalue weighted by molar-refractivity contribution is 7.99. The predicted molar refractivity (Wildman–Crippen MR) is 51.0 cm³/mol.